The summed E-state index contributed by atoms with van der Waals surface area (Å²) < 4.78 is 33.5. The Bertz CT molecular complexity index is 984. The molecular weight excluding hydrogens is 394 g/mol. The number of rotatable bonds is 7. The highest BCUT2D eigenvalue weighted by molar-refractivity contribution is 7.89. The van der Waals surface area contributed by atoms with Crippen molar-refractivity contribution in [2.45, 2.75) is 50.6 Å². The van der Waals surface area contributed by atoms with Crippen LogP contribution in [0.4, 0.5) is 5.69 Å². The summed E-state index contributed by atoms with van der Waals surface area (Å²) in [4.78, 5) is 24.3. The summed E-state index contributed by atoms with van der Waals surface area (Å²) in [5.41, 5.74) is 1.39. The van der Waals surface area contributed by atoms with E-state index in [0.717, 1.165) is 5.56 Å². The van der Waals surface area contributed by atoms with Crippen LogP contribution in [0.25, 0.3) is 0 Å². The van der Waals surface area contributed by atoms with E-state index in [9.17, 15) is 18.0 Å². The van der Waals surface area contributed by atoms with Crippen molar-refractivity contribution in [3.63, 3.8) is 0 Å². The van der Waals surface area contributed by atoms with E-state index in [4.69, 9.17) is 4.42 Å². The third kappa shape index (κ3) is 5.24. The zero-order chi connectivity index (χ0) is 21.0. The summed E-state index contributed by atoms with van der Waals surface area (Å²) in [6.45, 7) is 3.72. The van der Waals surface area contributed by atoms with Crippen molar-refractivity contribution in [3.05, 3.63) is 47.9 Å². The van der Waals surface area contributed by atoms with E-state index in [1.165, 1.54) is 12.3 Å². The molecule has 3 rings (SSSR count). The molecule has 9 heteroatoms. The Morgan fingerprint density at radius 2 is 2.03 bits per heavy atom. The first kappa shape index (κ1) is 21.1. The Labute approximate surface area is 170 Å². The molecule has 29 heavy (non-hydrogen) atoms. The lowest BCUT2D eigenvalue weighted by molar-refractivity contribution is -0.124. The molecule has 2 heterocycles. The molecule has 1 unspecified atom stereocenters. The number of sulfonamides is 1. The Morgan fingerprint density at radius 3 is 2.72 bits per heavy atom. The summed E-state index contributed by atoms with van der Waals surface area (Å²) in [6.07, 6.45) is 3.17. The summed E-state index contributed by atoms with van der Waals surface area (Å²) in [6, 6.07) is 7.09. The molecule has 1 aromatic heterocycles. The average Bonchev–Trinajstić information content (AvgIpc) is 3.11. The van der Waals surface area contributed by atoms with Gasteiger partial charge in [0.15, 0.2) is 0 Å². The molecule has 0 saturated heterocycles. The van der Waals surface area contributed by atoms with Crippen LogP contribution in [0.2, 0.25) is 0 Å². The smallest absolute Gasteiger partial charge is 0.241 e. The topological polar surface area (TPSA) is 118 Å². The fraction of sp³-hybridized carbons (Fsp3) is 0.400. The molecule has 0 fully saturated rings. The Kier molecular flexibility index (Phi) is 6.39. The van der Waals surface area contributed by atoms with Crippen molar-refractivity contribution < 1.29 is 22.4 Å². The van der Waals surface area contributed by atoms with E-state index in [2.05, 4.69) is 15.4 Å². The molecule has 3 N–H and O–H groups in total. The molecule has 156 valence electrons. The number of hydrogen-bond donors (Lipinski definition) is 3. The number of carbonyl (C=O) groups excluding carboxylic acids is 2. The number of fused-ring (bicyclic) bond motifs is 1. The van der Waals surface area contributed by atoms with Gasteiger partial charge in [0, 0.05) is 12.1 Å². The second-order valence-electron chi connectivity index (χ2n) is 7.36. The van der Waals surface area contributed by atoms with Gasteiger partial charge in [-0.15, -0.1) is 0 Å². The number of anilines is 1. The van der Waals surface area contributed by atoms with E-state index in [1.807, 2.05) is 0 Å². The molecule has 0 radical (unpaired) electrons. The second kappa shape index (κ2) is 8.79. The van der Waals surface area contributed by atoms with E-state index in [1.54, 1.807) is 38.1 Å². The number of nitrogens with one attached hydrogen (secondary N) is 3. The minimum atomic E-state index is -3.93. The molecule has 1 aliphatic heterocycles. The third-order valence-electron chi connectivity index (χ3n) is 4.76. The zero-order valence-corrected chi connectivity index (χ0v) is 17.2. The lowest BCUT2D eigenvalue weighted by atomic mass is 10.1. The van der Waals surface area contributed by atoms with Crippen LogP contribution in [-0.2, 0) is 32.6 Å². The van der Waals surface area contributed by atoms with E-state index < -0.39 is 22.0 Å². The maximum absolute atomic E-state index is 12.9. The fourth-order valence-electron chi connectivity index (χ4n) is 3.14. The minimum Gasteiger partial charge on any atom is -0.467 e. The SMILES string of the molecule is CC(C)C(NS(=O)(=O)c1ccc2c(c1)CCCC(=O)N2)C(=O)NCc1ccco1. The summed E-state index contributed by atoms with van der Waals surface area (Å²) in [5, 5.41) is 5.48. The highest BCUT2D eigenvalue weighted by atomic mass is 32.2. The van der Waals surface area contributed by atoms with E-state index in [0.29, 0.717) is 30.7 Å². The van der Waals surface area contributed by atoms with Crippen LogP contribution in [0.15, 0.2) is 45.9 Å². The normalized spacial score (nSPS) is 15.3. The van der Waals surface area contributed by atoms with E-state index in [-0.39, 0.29) is 23.3 Å². The summed E-state index contributed by atoms with van der Waals surface area (Å²) in [7, 11) is -3.93. The van der Waals surface area contributed by atoms with Crippen molar-refractivity contribution in [1.82, 2.24) is 10.0 Å². The predicted molar refractivity (Wildman–Crippen MR) is 108 cm³/mol. The van der Waals surface area contributed by atoms with Gasteiger partial charge < -0.3 is 15.1 Å². The third-order valence-corrected chi connectivity index (χ3v) is 6.20. The monoisotopic (exact) mass is 419 g/mol. The lowest BCUT2D eigenvalue weighted by Crippen LogP contribution is -2.49. The maximum Gasteiger partial charge on any atom is 0.241 e. The highest BCUT2D eigenvalue weighted by Gasteiger charge is 2.29. The molecule has 1 atom stereocenters. The van der Waals surface area contributed by atoms with Gasteiger partial charge in [-0.3, -0.25) is 9.59 Å². The molecular formula is C20H25N3O5S. The van der Waals surface area contributed by atoms with Crippen molar-refractivity contribution >= 4 is 27.5 Å². The van der Waals surface area contributed by atoms with Crippen molar-refractivity contribution in [2.75, 3.05) is 5.32 Å². The number of benzene rings is 1. The molecule has 0 saturated carbocycles. The van der Waals surface area contributed by atoms with Gasteiger partial charge in [-0.25, -0.2) is 8.42 Å². The largest absolute Gasteiger partial charge is 0.467 e. The maximum atomic E-state index is 12.9. The first-order valence-corrected chi connectivity index (χ1v) is 11.0. The van der Waals surface area contributed by atoms with Crippen molar-refractivity contribution in [3.8, 4) is 0 Å². The Morgan fingerprint density at radius 1 is 1.24 bits per heavy atom. The molecule has 1 aliphatic rings. The van der Waals surface area contributed by atoms with Gasteiger partial charge in [0.2, 0.25) is 21.8 Å². The van der Waals surface area contributed by atoms with Crippen LogP contribution in [0, 0.1) is 5.92 Å². The van der Waals surface area contributed by atoms with Crippen LogP contribution in [0.3, 0.4) is 0 Å². The molecule has 2 aromatic rings. The zero-order valence-electron chi connectivity index (χ0n) is 16.4. The summed E-state index contributed by atoms with van der Waals surface area (Å²) >= 11 is 0. The molecule has 0 aliphatic carbocycles. The Hall–Kier alpha value is -2.65. The second-order valence-corrected chi connectivity index (χ2v) is 9.07. The standard InChI is InChI=1S/C20H25N3O5S/c1-13(2)19(20(25)21-12-15-6-4-10-28-15)23-29(26,27)16-8-9-17-14(11-16)5-3-7-18(24)22-17/h4,6,8-11,13,19,23H,3,5,7,12H2,1-2H3,(H,21,25)(H,22,24). The van der Waals surface area contributed by atoms with Gasteiger partial charge in [-0.2, -0.15) is 4.72 Å². The molecule has 0 bridgehead atoms. The number of furan rings is 1. The van der Waals surface area contributed by atoms with Gasteiger partial charge >= 0.3 is 0 Å². The van der Waals surface area contributed by atoms with Crippen LogP contribution in [0.5, 0.6) is 0 Å². The average molecular weight is 420 g/mol. The number of aryl methyl sites for hydroxylation is 1. The van der Waals surface area contributed by atoms with Gasteiger partial charge in [-0.05, 0) is 54.7 Å². The number of carbonyl (C=O) groups is 2. The number of hydrogen-bond acceptors (Lipinski definition) is 5. The highest BCUT2D eigenvalue weighted by Crippen LogP contribution is 2.25. The minimum absolute atomic E-state index is 0.0666. The van der Waals surface area contributed by atoms with Crippen LogP contribution in [-0.4, -0.2) is 26.3 Å². The van der Waals surface area contributed by atoms with Gasteiger partial charge in [0.05, 0.1) is 17.7 Å². The molecule has 1 aromatic carbocycles. The molecule has 2 amide bonds. The van der Waals surface area contributed by atoms with Gasteiger partial charge in [0.25, 0.3) is 0 Å². The van der Waals surface area contributed by atoms with Gasteiger partial charge in [-0.1, -0.05) is 13.8 Å². The molecule has 0 spiro atoms. The number of amides is 2. The van der Waals surface area contributed by atoms with E-state index >= 15 is 0 Å². The van der Waals surface area contributed by atoms with Crippen LogP contribution >= 0.6 is 0 Å². The summed E-state index contributed by atoms with van der Waals surface area (Å²) in [5.74, 6) is -0.189. The quantitative estimate of drug-likeness (QED) is 0.636. The predicted octanol–water partition coefficient (Wildman–Crippen LogP) is 2.17. The van der Waals surface area contributed by atoms with Crippen LogP contribution < -0.4 is 15.4 Å². The first-order valence-electron chi connectivity index (χ1n) is 9.51. The molecule has 8 nitrogen and oxygen atoms in total. The van der Waals surface area contributed by atoms with Crippen LogP contribution in [0.1, 0.15) is 38.0 Å². The van der Waals surface area contributed by atoms with Crippen molar-refractivity contribution in [2.24, 2.45) is 5.92 Å². The Balaban J connectivity index is 1.75. The first-order chi connectivity index (χ1) is 13.8. The van der Waals surface area contributed by atoms with Crippen molar-refractivity contribution in [1.29, 1.82) is 0 Å². The fourth-order valence-corrected chi connectivity index (χ4v) is 4.54. The van der Waals surface area contributed by atoms with Gasteiger partial charge in [0.1, 0.15) is 11.8 Å². The lowest BCUT2D eigenvalue weighted by Gasteiger charge is -2.22.